The lowest BCUT2D eigenvalue weighted by molar-refractivity contribution is -0.140. The second kappa shape index (κ2) is 10.2. The van der Waals surface area contributed by atoms with Crippen molar-refractivity contribution in [3.8, 4) is 0 Å². The summed E-state index contributed by atoms with van der Waals surface area (Å²) in [6.07, 6.45) is 3.90. The zero-order valence-corrected chi connectivity index (χ0v) is 20.6. The van der Waals surface area contributed by atoms with E-state index in [-0.39, 0.29) is 17.5 Å². The molecule has 0 bridgehead atoms. The number of Topliss-reactive ketones (excluding diaryl/α,β-unsaturated/α-hetero) is 2. The monoisotopic (exact) mass is 410 g/mol. The third kappa shape index (κ3) is 6.91. The first-order valence-corrected chi connectivity index (χ1v) is 11.2. The lowest BCUT2D eigenvalue weighted by Gasteiger charge is -2.43. The van der Waals surface area contributed by atoms with E-state index in [9.17, 15) is 14.4 Å². The molecule has 0 fully saturated rings. The molecule has 0 aromatic heterocycles. The maximum atomic E-state index is 13.4. The number of rotatable bonds is 13. The van der Waals surface area contributed by atoms with Crippen LogP contribution < -0.4 is 11.1 Å². The van der Waals surface area contributed by atoms with Gasteiger partial charge in [0, 0.05) is 16.4 Å². The summed E-state index contributed by atoms with van der Waals surface area (Å²) in [6, 6.07) is -0.606. The quantitative estimate of drug-likeness (QED) is 0.456. The Bertz CT molecular complexity index is 601. The summed E-state index contributed by atoms with van der Waals surface area (Å²) in [6.45, 7) is 19.0. The molecule has 3 N–H and O–H groups in total. The van der Waals surface area contributed by atoms with E-state index in [1.54, 1.807) is 6.92 Å². The molecule has 170 valence electrons. The van der Waals surface area contributed by atoms with Crippen molar-refractivity contribution in [2.45, 2.75) is 119 Å². The van der Waals surface area contributed by atoms with Gasteiger partial charge < -0.3 is 11.1 Å². The van der Waals surface area contributed by atoms with Gasteiger partial charge in [0.25, 0.3) is 0 Å². The number of hydrogen-bond acceptors (Lipinski definition) is 4. The second-order valence-corrected chi connectivity index (χ2v) is 10.3. The highest BCUT2D eigenvalue weighted by molar-refractivity contribution is 5.91. The van der Waals surface area contributed by atoms with Crippen molar-refractivity contribution in [1.29, 1.82) is 0 Å². The van der Waals surface area contributed by atoms with Gasteiger partial charge in [0.2, 0.25) is 5.91 Å². The van der Waals surface area contributed by atoms with Crippen LogP contribution >= 0.6 is 0 Å². The molecule has 0 radical (unpaired) electrons. The molecule has 5 atom stereocenters. The summed E-state index contributed by atoms with van der Waals surface area (Å²) in [5.74, 6) is -0.121. The summed E-state index contributed by atoms with van der Waals surface area (Å²) < 4.78 is 0. The number of ketones is 2. The molecular weight excluding hydrogens is 364 g/mol. The Hall–Kier alpha value is -1.23. The van der Waals surface area contributed by atoms with Gasteiger partial charge in [-0.05, 0) is 64.7 Å². The van der Waals surface area contributed by atoms with E-state index in [4.69, 9.17) is 5.73 Å². The third-order valence-electron chi connectivity index (χ3n) is 7.54. The van der Waals surface area contributed by atoms with E-state index in [1.807, 2.05) is 55.4 Å². The fourth-order valence-corrected chi connectivity index (χ4v) is 4.28. The number of nitrogens with one attached hydrogen (secondary N) is 1. The average molecular weight is 411 g/mol. The number of hydrogen-bond donors (Lipinski definition) is 2. The molecule has 0 aromatic rings. The van der Waals surface area contributed by atoms with Crippen LogP contribution in [0.1, 0.15) is 108 Å². The smallest absolute Gasteiger partial charge is 0.226 e. The van der Waals surface area contributed by atoms with Crippen LogP contribution in [0, 0.1) is 16.2 Å². The average Bonchev–Trinajstić information content (AvgIpc) is 2.64. The van der Waals surface area contributed by atoms with Gasteiger partial charge in [0.05, 0.1) is 6.04 Å². The Kier molecular flexibility index (Phi) is 9.76. The van der Waals surface area contributed by atoms with E-state index in [0.717, 1.165) is 12.8 Å². The molecule has 0 rings (SSSR count). The molecule has 0 aromatic carbocycles. The zero-order valence-electron chi connectivity index (χ0n) is 20.6. The van der Waals surface area contributed by atoms with Crippen LogP contribution in [0.25, 0.3) is 0 Å². The zero-order chi connectivity index (χ0) is 23.3. The van der Waals surface area contributed by atoms with Crippen LogP contribution in [0.15, 0.2) is 0 Å². The van der Waals surface area contributed by atoms with Crippen LogP contribution in [0.4, 0.5) is 0 Å². The minimum absolute atomic E-state index is 0.0575. The van der Waals surface area contributed by atoms with Crippen LogP contribution in [0.5, 0.6) is 0 Å². The highest BCUT2D eigenvalue weighted by Gasteiger charge is 2.45. The predicted octanol–water partition coefficient (Wildman–Crippen LogP) is 4.81. The number of amides is 1. The normalized spacial score (nSPS) is 21.1. The van der Waals surface area contributed by atoms with E-state index >= 15 is 0 Å². The third-order valence-corrected chi connectivity index (χ3v) is 7.54. The molecule has 0 saturated carbocycles. The van der Waals surface area contributed by atoms with Crippen molar-refractivity contribution >= 4 is 17.5 Å². The molecule has 0 aliphatic rings. The summed E-state index contributed by atoms with van der Waals surface area (Å²) >= 11 is 0. The molecule has 5 heteroatoms. The molecule has 0 aliphatic carbocycles. The fraction of sp³-hybridized carbons (Fsp3) is 0.875. The SMILES string of the molecule is CCC(C)(N)CC(C)(CC)C(NC(=O)C(C)(CC)CC(C)(CC)C(C)=O)C(C)=O. The van der Waals surface area contributed by atoms with Gasteiger partial charge in [0.1, 0.15) is 5.78 Å². The van der Waals surface area contributed by atoms with Crippen molar-refractivity contribution in [1.82, 2.24) is 5.32 Å². The van der Waals surface area contributed by atoms with Crippen molar-refractivity contribution < 1.29 is 14.4 Å². The van der Waals surface area contributed by atoms with E-state index in [1.165, 1.54) is 6.92 Å². The molecule has 0 spiro atoms. The van der Waals surface area contributed by atoms with Crippen molar-refractivity contribution in [3.63, 3.8) is 0 Å². The first-order chi connectivity index (χ1) is 13.1. The molecule has 0 aliphatic heterocycles. The molecule has 29 heavy (non-hydrogen) atoms. The first kappa shape index (κ1) is 27.8. The van der Waals surface area contributed by atoms with E-state index in [2.05, 4.69) is 5.32 Å². The van der Waals surface area contributed by atoms with Crippen molar-refractivity contribution in [2.24, 2.45) is 22.0 Å². The summed E-state index contributed by atoms with van der Waals surface area (Å²) in [7, 11) is 0. The van der Waals surface area contributed by atoms with Gasteiger partial charge in [-0.2, -0.15) is 0 Å². The highest BCUT2D eigenvalue weighted by Crippen LogP contribution is 2.41. The molecule has 0 saturated heterocycles. The van der Waals surface area contributed by atoms with Crippen LogP contribution in [-0.2, 0) is 14.4 Å². The van der Waals surface area contributed by atoms with Crippen LogP contribution in [0.3, 0.4) is 0 Å². The lowest BCUT2D eigenvalue weighted by atomic mass is 9.66. The molecule has 5 unspecified atom stereocenters. The largest absolute Gasteiger partial charge is 0.345 e. The van der Waals surface area contributed by atoms with Crippen LogP contribution in [0.2, 0.25) is 0 Å². The topological polar surface area (TPSA) is 89.3 Å². The van der Waals surface area contributed by atoms with Crippen molar-refractivity contribution in [2.75, 3.05) is 0 Å². The van der Waals surface area contributed by atoms with Gasteiger partial charge in [-0.3, -0.25) is 14.4 Å². The minimum Gasteiger partial charge on any atom is -0.345 e. The molecule has 1 amide bonds. The number of carbonyl (C=O) groups excluding carboxylic acids is 3. The van der Waals surface area contributed by atoms with Gasteiger partial charge in [-0.25, -0.2) is 0 Å². The van der Waals surface area contributed by atoms with E-state index < -0.39 is 27.8 Å². The Morgan fingerprint density at radius 2 is 1.28 bits per heavy atom. The Morgan fingerprint density at radius 1 is 0.793 bits per heavy atom. The standard InChI is InChI=1S/C24H46N2O3/c1-11-21(7,18(6)28)15-23(9,13-3)20(29)26-19(17(5)27)22(8,12-2)16-24(10,25)14-4/h19H,11-16,25H2,1-10H3,(H,26,29). The molecule has 5 nitrogen and oxygen atoms in total. The Morgan fingerprint density at radius 3 is 1.59 bits per heavy atom. The van der Waals surface area contributed by atoms with Gasteiger partial charge in [-0.1, -0.05) is 48.5 Å². The second-order valence-electron chi connectivity index (χ2n) is 10.3. The first-order valence-electron chi connectivity index (χ1n) is 11.2. The van der Waals surface area contributed by atoms with Gasteiger partial charge >= 0.3 is 0 Å². The van der Waals surface area contributed by atoms with Crippen LogP contribution in [-0.4, -0.2) is 29.1 Å². The molecule has 0 heterocycles. The summed E-state index contributed by atoms with van der Waals surface area (Å²) in [5, 5.41) is 3.08. The Balaban J connectivity index is 5.89. The lowest BCUT2D eigenvalue weighted by Crippen LogP contribution is -2.57. The maximum Gasteiger partial charge on any atom is 0.226 e. The van der Waals surface area contributed by atoms with E-state index in [0.29, 0.717) is 25.7 Å². The number of carbonyl (C=O) groups is 3. The highest BCUT2D eigenvalue weighted by atomic mass is 16.2. The van der Waals surface area contributed by atoms with Crippen molar-refractivity contribution in [3.05, 3.63) is 0 Å². The minimum atomic E-state index is -0.727. The molecular formula is C24H46N2O3. The maximum absolute atomic E-state index is 13.4. The van der Waals surface area contributed by atoms with Gasteiger partial charge in [0.15, 0.2) is 5.78 Å². The fourth-order valence-electron chi connectivity index (χ4n) is 4.28. The summed E-state index contributed by atoms with van der Waals surface area (Å²) in [4.78, 5) is 38.3. The number of nitrogens with two attached hydrogens (primary N) is 1. The Labute approximate surface area is 179 Å². The van der Waals surface area contributed by atoms with Gasteiger partial charge in [-0.15, -0.1) is 0 Å². The predicted molar refractivity (Wildman–Crippen MR) is 121 cm³/mol. The summed E-state index contributed by atoms with van der Waals surface area (Å²) in [5.41, 5.74) is 4.30.